The predicted molar refractivity (Wildman–Crippen MR) is 112 cm³/mol. The molecule has 1 fully saturated rings. The number of hydrogen-bond acceptors (Lipinski definition) is 8. The van der Waals surface area contributed by atoms with E-state index < -0.39 is 5.72 Å². The molecule has 1 amide bonds. The smallest absolute Gasteiger partial charge is 0.238 e. The van der Waals surface area contributed by atoms with Crippen LogP contribution in [0.1, 0.15) is 18.5 Å². The lowest BCUT2D eigenvalue weighted by molar-refractivity contribution is -0.120. The molecule has 2 aliphatic rings. The van der Waals surface area contributed by atoms with Crippen LogP contribution in [0.3, 0.4) is 0 Å². The quantitative estimate of drug-likeness (QED) is 0.748. The molecule has 0 unspecified atom stereocenters. The molecule has 1 aromatic carbocycles. The lowest BCUT2D eigenvalue weighted by atomic mass is 10.0. The minimum absolute atomic E-state index is 0.0932. The second-order valence-electron chi connectivity index (χ2n) is 7.25. The van der Waals surface area contributed by atoms with Crippen molar-refractivity contribution in [3.05, 3.63) is 48.3 Å². The first-order valence-corrected chi connectivity index (χ1v) is 9.80. The van der Waals surface area contributed by atoms with Crippen LogP contribution in [0, 0.1) is 0 Å². The summed E-state index contributed by atoms with van der Waals surface area (Å²) in [5.74, 6) is 1.80. The highest BCUT2D eigenvalue weighted by Crippen LogP contribution is 2.31. The van der Waals surface area contributed by atoms with Gasteiger partial charge < -0.3 is 14.8 Å². The molecule has 9 nitrogen and oxygen atoms in total. The summed E-state index contributed by atoms with van der Waals surface area (Å²) >= 11 is 0. The maximum Gasteiger partial charge on any atom is 0.238 e. The number of methoxy groups -OCH3 is 2. The van der Waals surface area contributed by atoms with Gasteiger partial charge in [-0.05, 0) is 12.1 Å². The van der Waals surface area contributed by atoms with Gasteiger partial charge in [0.25, 0.3) is 0 Å². The van der Waals surface area contributed by atoms with Crippen molar-refractivity contribution in [2.45, 2.75) is 18.6 Å². The fourth-order valence-corrected chi connectivity index (χ4v) is 3.56. The van der Waals surface area contributed by atoms with Gasteiger partial charge >= 0.3 is 0 Å². The van der Waals surface area contributed by atoms with Gasteiger partial charge in [-0.15, -0.1) is 0 Å². The number of hydrogen-bond donors (Lipinski definition) is 2. The first-order valence-electron chi connectivity index (χ1n) is 9.80. The highest BCUT2D eigenvalue weighted by atomic mass is 16.7. The van der Waals surface area contributed by atoms with E-state index in [2.05, 4.69) is 20.7 Å². The van der Waals surface area contributed by atoms with Gasteiger partial charge in [0, 0.05) is 56.0 Å². The van der Waals surface area contributed by atoms with E-state index in [9.17, 15) is 4.79 Å². The van der Waals surface area contributed by atoms with Crippen molar-refractivity contribution in [2.75, 3.05) is 39.2 Å². The lowest BCUT2D eigenvalue weighted by Crippen LogP contribution is -2.46. The second kappa shape index (κ2) is 8.68. The molecule has 0 bridgehead atoms. The van der Waals surface area contributed by atoms with Crippen LogP contribution in [0.25, 0.3) is 0 Å². The number of ether oxygens (including phenoxy) is 2. The molecule has 3 heterocycles. The molecule has 0 saturated carbocycles. The average molecular weight is 411 g/mol. The van der Waals surface area contributed by atoms with E-state index in [0.29, 0.717) is 55.5 Å². The number of nitrogens with zero attached hydrogens (tertiary/aromatic N) is 3. The topological polar surface area (TPSA) is 97.3 Å². The Morgan fingerprint density at radius 2 is 1.93 bits per heavy atom. The molecule has 9 heteroatoms. The number of hydroxylamine groups is 1. The highest BCUT2D eigenvalue weighted by Gasteiger charge is 2.40. The zero-order chi connectivity index (χ0) is 21.0. The van der Waals surface area contributed by atoms with E-state index in [1.807, 2.05) is 18.2 Å². The number of amides is 1. The average Bonchev–Trinajstić information content (AvgIpc) is 3.19. The third-order valence-corrected chi connectivity index (χ3v) is 5.20. The minimum Gasteiger partial charge on any atom is -0.497 e. The first kappa shape index (κ1) is 20.1. The molecule has 2 aromatic rings. The van der Waals surface area contributed by atoms with E-state index in [-0.39, 0.29) is 5.91 Å². The summed E-state index contributed by atoms with van der Waals surface area (Å²) in [6.07, 6.45) is 3.11. The molecule has 1 aromatic heterocycles. The first-order chi connectivity index (χ1) is 14.6. The van der Waals surface area contributed by atoms with Crippen molar-refractivity contribution in [3.8, 4) is 11.5 Å². The summed E-state index contributed by atoms with van der Waals surface area (Å²) in [6, 6.07) is 10.9. The standard InChI is InChI=1S/C21H25N5O4/c1-28-16-11-15(12-17(13-16)29-2)23-19(27)14-26-9-6-21(7-10-26)24-20(25-30-21)18-5-3-4-8-22-18/h3-5,8,11-13H,6-7,9-10,14H2,1-2H3,(H,23,27)(H,24,25). The van der Waals surface area contributed by atoms with Crippen LogP contribution in [0.4, 0.5) is 5.69 Å². The molecule has 4 rings (SSSR count). The zero-order valence-electron chi connectivity index (χ0n) is 17.1. The summed E-state index contributed by atoms with van der Waals surface area (Å²) in [6.45, 7) is 1.70. The fourth-order valence-electron chi connectivity index (χ4n) is 3.56. The van der Waals surface area contributed by atoms with Gasteiger partial charge in [-0.2, -0.15) is 0 Å². The van der Waals surface area contributed by atoms with Gasteiger partial charge in [-0.3, -0.25) is 14.7 Å². The number of aliphatic imine (C=N–C) groups is 1. The third-order valence-electron chi connectivity index (χ3n) is 5.20. The summed E-state index contributed by atoms with van der Waals surface area (Å²) in [7, 11) is 3.15. The van der Waals surface area contributed by atoms with Crippen LogP contribution >= 0.6 is 0 Å². The molecule has 1 saturated heterocycles. The second-order valence-corrected chi connectivity index (χ2v) is 7.25. The Hall–Kier alpha value is -3.17. The Balaban J connectivity index is 1.32. The molecule has 1 spiro atoms. The van der Waals surface area contributed by atoms with Crippen molar-refractivity contribution >= 4 is 17.4 Å². The number of nitrogens with one attached hydrogen (secondary N) is 2. The highest BCUT2D eigenvalue weighted by molar-refractivity contribution is 5.97. The van der Waals surface area contributed by atoms with E-state index in [1.54, 1.807) is 38.6 Å². The van der Waals surface area contributed by atoms with Gasteiger partial charge in [0.05, 0.1) is 20.8 Å². The summed E-state index contributed by atoms with van der Waals surface area (Å²) < 4.78 is 10.5. The number of piperidine rings is 1. The van der Waals surface area contributed by atoms with E-state index in [0.717, 1.165) is 5.69 Å². The summed E-state index contributed by atoms with van der Waals surface area (Å²) in [4.78, 5) is 29.4. The fraction of sp³-hybridized carbons (Fsp3) is 0.381. The van der Waals surface area contributed by atoms with Crippen LogP contribution < -0.4 is 20.3 Å². The van der Waals surface area contributed by atoms with Gasteiger partial charge in [0.2, 0.25) is 5.91 Å². The van der Waals surface area contributed by atoms with Crippen molar-refractivity contribution in [3.63, 3.8) is 0 Å². The Labute approximate surface area is 175 Å². The van der Waals surface area contributed by atoms with Crippen molar-refractivity contribution < 1.29 is 19.1 Å². The van der Waals surface area contributed by atoms with Gasteiger partial charge in [-0.25, -0.2) is 15.3 Å². The van der Waals surface area contributed by atoms with E-state index >= 15 is 0 Å². The summed E-state index contributed by atoms with van der Waals surface area (Å²) in [5, 5.41) is 2.91. The number of benzene rings is 1. The molecule has 158 valence electrons. The third kappa shape index (κ3) is 4.52. The van der Waals surface area contributed by atoms with Gasteiger partial charge in [-0.1, -0.05) is 6.07 Å². The van der Waals surface area contributed by atoms with Crippen LogP contribution in [0.2, 0.25) is 0 Å². The van der Waals surface area contributed by atoms with Crippen molar-refractivity contribution in [1.82, 2.24) is 15.4 Å². The monoisotopic (exact) mass is 411 g/mol. The molecule has 2 aliphatic heterocycles. The number of rotatable bonds is 6. The largest absolute Gasteiger partial charge is 0.497 e. The number of aromatic nitrogens is 1. The van der Waals surface area contributed by atoms with Gasteiger partial charge in [0.1, 0.15) is 17.2 Å². The maximum absolute atomic E-state index is 12.5. The van der Waals surface area contributed by atoms with Crippen LogP contribution in [-0.2, 0) is 9.63 Å². The Bertz CT molecular complexity index is 904. The van der Waals surface area contributed by atoms with Crippen LogP contribution in [0.15, 0.2) is 47.6 Å². The molecule has 0 aliphatic carbocycles. The zero-order valence-corrected chi connectivity index (χ0v) is 17.1. The molecule has 0 radical (unpaired) electrons. The number of anilines is 1. The molecular weight excluding hydrogens is 386 g/mol. The lowest BCUT2D eigenvalue weighted by Gasteiger charge is -2.35. The van der Waals surface area contributed by atoms with Gasteiger partial charge in [0.15, 0.2) is 11.6 Å². The maximum atomic E-state index is 12.5. The van der Waals surface area contributed by atoms with E-state index in [4.69, 9.17) is 19.3 Å². The van der Waals surface area contributed by atoms with E-state index in [1.165, 1.54) is 0 Å². The Morgan fingerprint density at radius 3 is 2.57 bits per heavy atom. The molecule has 2 N–H and O–H groups in total. The molecule has 0 atom stereocenters. The number of carbonyl (C=O) groups is 1. The molecular formula is C21H25N5O4. The van der Waals surface area contributed by atoms with Crippen LogP contribution in [0.5, 0.6) is 11.5 Å². The van der Waals surface area contributed by atoms with Crippen molar-refractivity contribution in [2.24, 2.45) is 4.99 Å². The summed E-state index contributed by atoms with van der Waals surface area (Å²) in [5.41, 5.74) is 3.70. The predicted octanol–water partition coefficient (Wildman–Crippen LogP) is 1.81. The SMILES string of the molecule is COc1cc(NC(=O)CN2CCC3(CC2)N=C(c2ccccn2)NO3)cc(OC)c1. The number of carbonyl (C=O) groups excluding carboxylic acids is 1. The molecule has 30 heavy (non-hydrogen) atoms. The van der Waals surface area contributed by atoms with Crippen LogP contribution in [-0.4, -0.2) is 61.2 Å². The number of amidine groups is 1. The normalized spacial score (nSPS) is 17.9. The Kier molecular flexibility index (Phi) is 5.82. The Morgan fingerprint density at radius 1 is 1.20 bits per heavy atom. The van der Waals surface area contributed by atoms with Crippen molar-refractivity contribution in [1.29, 1.82) is 0 Å². The minimum atomic E-state index is -0.597. The number of pyridine rings is 1. The number of likely N-dealkylation sites (tertiary alicyclic amines) is 1.